The van der Waals surface area contributed by atoms with E-state index in [0.717, 1.165) is 0 Å². The molecule has 1 N–H and O–H groups in total. The fourth-order valence-corrected chi connectivity index (χ4v) is 4.03. The lowest BCUT2D eigenvalue weighted by Crippen LogP contribution is -2.47. The van der Waals surface area contributed by atoms with Crippen LogP contribution in [0.1, 0.15) is 25.5 Å². The third kappa shape index (κ3) is 3.41. The molecule has 1 aromatic heterocycles. The molecule has 7 heteroatoms. The van der Waals surface area contributed by atoms with Crippen LogP contribution in [0.3, 0.4) is 0 Å². The van der Waals surface area contributed by atoms with Gasteiger partial charge in [-0.15, -0.1) is 0 Å². The zero-order chi connectivity index (χ0) is 14.6. The lowest BCUT2D eigenvalue weighted by Gasteiger charge is -2.33. The van der Waals surface area contributed by atoms with E-state index in [9.17, 15) is 8.42 Å². The Morgan fingerprint density at radius 2 is 2.15 bits per heavy atom. The monoisotopic (exact) mass is 302 g/mol. The first-order chi connectivity index (χ1) is 9.57. The van der Waals surface area contributed by atoms with Gasteiger partial charge in [0, 0.05) is 26.2 Å². The summed E-state index contributed by atoms with van der Waals surface area (Å²) in [4.78, 5) is 0. The highest BCUT2D eigenvalue weighted by Gasteiger charge is 2.32. The van der Waals surface area contributed by atoms with Crippen LogP contribution in [0.4, 0.5) is 0 Å². The molecule has 0 radical (unpaired) electrons. The van der Waals surface area contributed by atoms with Crippen LogP contribution in [-0.4, -0.2) is 48.4 Å². The van der Waals surface area contributed by atoms with Gasteiger partial charge in [-0.1, -0.05) is 6.92 Å². The molecule has 0 bridgehead atoms. The van der Waals surface area contributed by atoms with E-state index < -0.39 is 10.2 Å². The van der Waals surface area contributed by atoms with Crippen molar-refractivity contribution in [2.24, 2.45) is 5.92 Å². The first kappa shape index (κ1) is 15.5. The lowest BCUT2D eigenvalue weighted by atomic mass is 10.00. The number of aliphatic hydroxyl groups excluding tert-OH is 1. The van der Waals surface area contributed by atoms with Gasteiger partial charge in [-0.25, -0.2) is 0 Å². The maximum atomic E-state index is 12.6. The molecule has 1 aliphatic heterocycles. The molecule has 0 amide bonds. The Bertz CT molecular complexity index is 492. The number of aliphatic hydroxyl groups is 1. The average Bonchev–Trinajstić information content (AvgIpc) is 2.97. The largest absolute Gasteiger partial charge is 0.468 e. The van der Waals surface area contributed by atoms with E-state index >= 15 is 0 Å². The summed E-state index contributed by atoms with van der Waals surface area (Å²) >= 11 is 0. The summed E-state index contributed by atoms with van der Waals surface area (Å²) in [5.74, 6) is 0.863. The maximum Gasteiger partial charge on any atom is 0.282 e. The van der Waals surface area contributed by atoms with E-state index in [-0.39, 0.29) is 19.1 Å². The summed E-state index contributed by atoms with van der Waals surface area (Å²) in [6.07, 6.45) is 2.98. The molecule has 2 heterocycles. The first-order valence-electron chi connectivity index (χ1n) is 6.96. The van der Waals surface area contributed by atoms with Crippen molar-refractivity contribution in [3.8, 4) is 0 Å². The van der Waals surface area contributed by atoms with Gasteiger partial charge in [0.25, 0.3) is 10.2 Å². The van der Waals surface area contributed by atoms with Crippen LogP contribution in [0.5, 0.6) is 0 Å². The molecule has 0 aliphatic carbocycles. The van der Waals surface area contributed by atoms with Crippen LogP contribution >= 0.6 is 0 Å². The Morgan fingerprint density at radius 1 is 1.45 bits per heavy atom. The normalized spacial score (nSPS) is 18.8. The van der Waals surface area contributed by atoms with Gasteiger partial charge in [0.05, 0.1) is 12.8 Å². The summed E-state index contributed by atoms with van der Waals surface area (Å²) < 4.78 is 33.3. The Morgan fingerprint density at radius 3 is 2.65 bits per heavy atom. The SMILES string of the molecule is CCN(Cc1ccco1)S(=O)(=O)N1CCC(CO)CC1. The van der Waals surface area contributed by atoms with Crippen molar-refractivity contribution in [1.82, 2.24) is 8.61 Å². The standard InChI is InChI=1S/C13H22N2O4S/c1-2-14(10-13-4-3-9-19-13)20(17,18)15-7-5-12(11-16)6-8-15/h3-4,9,12,16H,2,5-8,10-11H2,1H3. The zero-order valence-electron chi connectivity index (χ0n) is 11.7. The highest BCUT2D eigenvalue weighted by Crippen LogP contribution is 2.22. The second-order valence-corrected chi connectivity index (χ2v) is 6.97. The zero-order valence-corrected chi connectivity index (χ0v) is 12.6. The van der Waals surface area contributed by atoms with Gasteiger partial charge >= 0.3 is 0 Å². The van der Waals surface area contributed by atoms with E-state index in [1.807, 2.05) is 6.92 Å². The van der Waals surface area contributed by atoms with E-state index in [1.54, 1.807) is 18.4 Å². The van der Waals surface area contributed by atoms with E-state index in [4.69, 9.17) is 9.52 Å². The minimum atomic E-state index is -3.46. The molecule has 0 saturated carbocycles. The summed E-state index contributed by atoms with van der Waals surface area (Å²) in [7, 11) is -3.46. The smallest absolute Gasteiger partial charge is 0.282 e. The summed E-state index contributed by atoms with van der Waals surface area (Å²) in [5, 5.41) is 9.12. The van der Waals surface area contributed by atoms with Crippen LogP contribution in [0.2, 0.25) is 0 Å². The van der Waals surface area contributed by atoms with Gasteiger partial charge in [0.1, 0.15) is 5.76 Å². The Labute approximate surface area is 120 Å². The number of hydrogen-bond donors (Lipinski definition) is 1. The minimum Gasteiger partial charge on any atom is -0.468 e. The molecule has 0 spiro atoms. The summed E-state index contributed by atoms with van der Waals surface area (Å²) in [6.45, 7) is 3.57. The van der Waals surface area contributed by atoms with Crippen molar-refractivity contribution >= 4 is 10.2 Å². The Hall–Kier alpha value is -0.890. The van der Waals surface area contributed by atoms with Crippen molar-refractivity contribution in [3.63, 3.8) is 0 Å². The molecule has 2 rings (SSSR count). The van der Waals surface area contributed by atoms with Crippen LogP contribution < -0.4 is 0 Å². The highest BCUT2D eigenvalue weighted by atomic mass is 32.2. The molecular formula is C13H22N2O4S. The Balaban J connectivity index is 2.04. The molecule has 0 atom stereocenters. The molecule has 1 saturated heterocycles. The van der Waals surface area contributed by atoms with Crippen molar-refractivity contribution in [3.05, 3.63) is 24.2 Å². The quantitative estimate of drug-likeness (QED) is 0.852. The van der Waals surface area contributed by atoms with Crippen LogP contribution in [-0.2, 0) is 16.8 Å². The topological polar surface area (TPSA) is 74.0 Å². The molecule has 1 fully saturated rings. The summed E-state index contributed by atoms with van der Waals surface area (Å²) in [5.41, 5.74) is 0. The molecule has 1 aromatic rings. The third-order valence-electron chi connectivity index (χ3n) is 3.75. The van der Waals surface area contributed by atoms with E-state index in [2.05, 4.69) is 0 Å². The van der Waals surface area contributed by atoms with E-state index in [1.165, 1.54) is 8.61 Å². The second-order valence-electron chi connectivity index (χ2n) is 5.04. The predicted octanol–water partition coefficient (Wildman–Crippen LogP) is 1.05. The van der Waals surface area contributed by atoms with Gasteiger partial charge in [-0.3, -0.25) is 0 Å². The number of furan rings is 1. The number of nitrogens with zero attached hydrogens (tertiary/aromatic N) is 2. The van der Waals surface area contributed by atoms with Crippen molar-refractivity contribution in [1.29, 1.82) is 0 Å². The number of piperidine rings is 1. The predicted molar refractivity (Wildman–Crippen MR) is 75.1 cm³/mol. The minimum absolute atomic E-state index is 0.137. The fraction of sp³-hybridized carbons (Fsp3) is 0.692. The van der Waals surface area contributed by atoms with Crippen LogP contribution in [0.15, 0.2) is 22.8 Å². The summed E-state index contributed by atoms with van der Waals surface area (Å²) in [6, 6.07) is 3.53. The molecule has 0 aromatic carbocycles. The van der Waals surface area contributed by atoms with Crippen LogP contribution in [0, 0.1) is 5.92 Å². The molecular weight excluding hydrogens is 280 g/mol. The van der Waals surface area contributed by atoms with Gasteiger partial charge in [0.15, 0.2) is 0 Å². The highest BCUT2D eigenvalue weighted by molar-refractivity contribution is 7.86. The third-order valence-corrected chi connectivity index (χ3v) is 5.81. The van der Waals surface area contributed by atoms with Gasteiger partial charge in [-0.05, 0) is 30.9 Å². The molecule has 114 valence electrons. The fourth-order valence-electron chi connectivity index (χ4n) is 2.42. The average molecular weight is 302 g/mol. The molecule has 20 heavy (non-hydrogen) atoms. The second kappa shape index (κ2) is 6.71. The molecule has 0 unspecified atom stereocenters. The van der Waals surface area contributed by atoms with Crippen molar-refractivity contribution < 1.29 is 17.9 Å². The van der Waals surface area contributed by atoms with Gasteiger partial charge in [0.2, 0.25) is 0 Å². The van der Waals surface area contributed by atoms with Crippen molar-refractivity contribution in [2.45, 2.75) is 26.3 Å². The lowest BCUT2D eigenvalue weighted by molar-refractivity contribution is 0.165. The number of rotatable bonds is 6. The first-order valence-corrected chi connectivity index (χ1v) is 8.36. The molecule has 1 aliphatic rings. The van der Waals surface area contributed by atoms with Gasteiger partial charge < -0.3 is 9.52 Å². The Kier molecular flexibility index (Phi) is 5.20. The molecule has 6 nitrogen and oxygen atoms in total. The van der Waals surface area contributed by atoms with E-state index in [0.29, 0.717) is 38.2 Å². The maximum absolute atomic E-state index is 12.6. The van der Waals surface area contributed by atoms with Crippen molar-refractivity contribution in [2.75, 3.05) is 26.2 Å². The number of hydrogen-bond acceptors (Lipinski definition) is 4. The van der Waals surface area contributed by atoms with Crippen LogP contribution in [0.25, 0.3) is 0 Å². The van der Waals surface area contributed by atoms with Gasteiger partial charge in [-0.2, -0.15) is 17.0 Å².